The van der Waals surface area contributed by atoms with E-state index in [0.717, 1.165) is 0 Å². The molecule has 0 radical (unpaired) electrons. The number of carboxylic acid groups (broad SMARTS) is 1. The predicted molar refractivity (Wildman–Crippen MR) is 72.8 cm³/mol. The highest BCUT2D eigenvalue weighted by molar-refractivity contribution is 5.88. The Morgan fingerprint density at radius 1 is 1.43 bits per heavy atom. The van der Waals surface area contributed by atoms with Gasteiger partial charge in [0.2, 0.25) is 0 Å². The molecule has 0 unspecified atom stereocenters. The Bertz CT molecular complexity index is 500. The number of ether oxygens (including phenoxy) is 1. The summed E-state index contributed by atoms with van der Waals surface area (Å²) in [4.78, 5) is 33.1. The molecule has 9 heteroatoms. The summed E-state index contributed by atoms with van der Waals surface area (Å²) in [6.07, 6.45) is 3.47. The first-order valence-electron chi connectivity index (χ1n) is 6.46. The van der Waals surface area contributed by atoms with Gasteiger partial charge in [0.1, 0.15) is 6.54 Å². The molecular formula is C12H18N4O5. The Hall–Kier alpha value is -2.58. The minimum Gasteiger partial charge on any atom is -0.480 e. The van der Waals surface area contributed by atoms with E-state index >= 15 is 0 Å². The molecule has 3 N–H and O–H groups in total. The average molecular weight is 298 g/mol. The summed E-state index contributed by atoms with van der Waals surface area (Å²) in [5, 5.41) is 17.4. The van der Waals surface area contributed by atoms with Gasteiger partial charge in [-0.2, -0.15) is 5.10 Å². The van der Waals surface area contributed by atoms with Gasteiger partial charge in [-0.3, -0.25) is 14.3 Å². The van der Waals surface area contributed by atoms with Crippen LogP contribution < -0.4 is 10.6 Å². The molecule has 9 nitrogen and oxygen atoms in total. The molecule has 0 aliphatic carbocycles. The number of urea groups is 1. The van der Waals surface area contributed by atoms with Crippen molar-refractivity contribution in [3.63, 3.8) is 0 Å². The number of carbonyl (C=O) groups excluding carboxylic acids is 2. The molecular weight excluding hydrogens is 280 g/mol. The molecule has 0 spiro atoms. The molecule has 1 aromatic heterocycles. The first-order valence-corrected chi connectivity index (χ1v) is 6.46. The third kappa shape index (κ3) is 6.95. The topological polar surface area (TPSA) is 123 Å². The number of carbonyl (C=O) groups is 3. The lowest BCUT2D eigenvalue weighted by molar-refractivity contribution is -0.143. The van der Waals surface area contributed by atoms with E-state index in [9.17, 15) is 14.4 Å². The number of nitrogens with one attached hydrogen (secondary N) is 2. The van der Waals surface area contributed by atoms with Crippen molar-refractivity contribution in [2.24, 2.45) is 0 Å². The van der Waals surface area contributed by atoms with Crippen LogP contribution in [0.3, 0.4) is 0 Å². The standard InChI is InChI=1S/C12H18N4O5/c1-2-21-11(19)4-3-5-13-12(20)15-9-6-14-16(7-9)8-10(17)18/h6-7H,2-5,8H2,1H3,(H,17,18)(H2,13,15,20). The first kappa shape index (κ1) is 16.5. The molecule has 1 rings (SSSR count). The highest BCUT2D eigenvalue weighted by Crippen LogP contribution is 2.04. The highest BCUT2D eigenvalue weighted by Gasteiger charge is 2.06. The van der Waals surface area contributed by atoms with Gasteiger partial charge in [-0.15, -0.1) is 0 Å². The number of esters is 1. The van der Waals surface area contributed by atoms with Crippen LogP contribution in [0.4, 0.5) is 10.5 Å². The quantitative estimate of drug-likeness (QED) is 0.472. The highest BCUT2D eigenvalue weighted by atomic mass is 16.5. The van der Waals surface area contributed by atoms with Gasteiger partial charge in [-0.05, 0) is 13.3 Å². The Morgan fingerprint density at radius 3 is 2.86 bits per heavy atom. The second kappa shape index (κ2) is 8.56. The summed E-state index contributed by atoms with van der Waals surface area (Å²) in [7, 11) is 0. The van der Waals surface area contributed by atoms with Crippen LogP contribution in [0.2, 0.25) is 0 Å². The van der Waals surface area contributed by atoms with Gasteiger partial charge in [-0.1, -0.05) is 0 Å². The fourth-order valence-electron chi connectivity index (χ4n) is 1.50. The van der Waals surface area contributed by atoms with Crippen molar-refractivity contribution < 1.29 is 24.2 Å². The van der Waals surface area contributed by atoms with Gasteiger partial charge in [0, 0.05) is 19.2 Å². The largest absolute Gasteiger partial charge is 0.480 e. The van der Waals surface area contributed by atoms with Crippen molar-refractivity contribution in [1.29, 1.82) is 0 Å². The van der Waals surface area contributed by atoms with Crippen LogP contribution in [-0.4, -0.2) is 46.0 Å². The summed E-state index contributed by atoms with van der Waals surface area (Å²) in [5.74, 6) is -1.32. The summed E-state index contributed by atoms with van der Waals surface area (Å²) in [6, 6.07) is -0.450. The zero-order chi connectivity index (χ0) is 15.7. The smallest absolute Gasteiger partial charge is 0.325 e. The van der Waals surface area contributed by atoms with Crippen LogP contribution in [0.25, 0.3) is 0 Å². The van der Waals surface area contributed by atoms with Crippen molar-refractivity contribution in [2.45, 2.75) is 26.3 Å². The number of amides is 2. The van der Waals surface area contributed by atoms with E-state index in [2.05, 4.69) is 15.7 Å². The van der Waals surface area contributed by atoms with E-state index < -0.39 is 12.0 Å². The molecule has 2 amide bonds. The Morgan fingerprint density at radius 2 is 2.19 bits per heavy atom. The Labute approximate surface area is 121 Å². The first-order chi connectivity index (χ1) is 10.0. The normalized spacial score (nSPS) is 9.95. The number of hydrogen-bond donors (Lipinski definition) is 3. The third-order valence-electron chi connectivity index (χ3n) is 2.34. The third-order valence-corrected chi connectivity index (χ3v) is 2.34. The van der Waals surface area contributed by atoms with Gasteiger partial charge in [0.25, 0.3) is 0 Å². The molecule has 1 heterocycles. The summed E-state index contributed by atoms with van der Waals surface area (Å²) in [5.41, 5.74) is 0.388. The van der Waals surface area contributed by atoms with Crippen LogP contribution in [0, 0.1) is 0 Å². The Balaban J connectivity index is 2.23. The van der Waals surface area contributed by atoms with Crippen LogP contribution >= 0.6 is 0 Å². The minimum absolute atomic E-state index is 0.241. The monoisotopic (exact) mass is 298 g/mol. The second-order valence-corrected chi connectivity index (χ2v) is 4.11. The maximum absolute atomic E-state index is 11.5. The zero-order valence-electron chi connectivity index (χ0n) is 11.7. The molecule has 21 heavy (non-hydrogen) atoms. The zero-order valence-corrected chi connectivity index (χ0v) is 11.7. The number of hydrogen-bond acceptors (Lipinski definition) is 5. The van der Waals surface area contributed by atoms with Crippen molar-refractivity contribution in [2.75, 3.05) is 18.5 Å². The fourth-order valence-corrected chi connectivity index (χ4v) is 1.50. The number of rotatable bonds is 8. The Kier molecular flexibility index (Phi) is 6.72. The van der Waals surface area contributed by atoms with Crippen molar-refractivity contribution in [3.05, 3.63) is 12.4 Å². The van der Waals surface area contributed by atoms with Gasteiger partial charge in [-0.25, -0.2) is 4.79 Å². The van der Waals surface area contributed by atoms with E-state index in [1.807, 2.05) is 0 Å². The van der Waals surface area contributed by atoms with Gasteiger partial charge in [0.15, 0.2) is 0 Å². The van der Waals surface area contributed by atoms with Gasteiger partial charge in [0.05, 0.1) is 18.5 Å². The van der Waals surface area contributed by atoms with Crippen molar-refractivity contribution in [1.82, 2.24) is 15.1 Å². The molecule has 0 atom stereocenters. The number of carboxylic acids is 1. The molecule has 0 saturated heterocycles. The molecule has 0 fully saturated rings. The maximum atomic E-state index is 11.5. The van der Waals surface area contributed by atoms with Crippen LogP contribution in [-0.2, 0) is 20.9 Å². The van der Waals surface area contributed by atoms with Gasteiger partial charge < -0.3 is 20.5 Å². The molecule has 0 bridgehead atoms. The molecule has 116 valence electrons. The van der Waals surface area contributed by atoms with Crippen LogP contribution in [0.15, 0.2) is 12.4 Å². The molecule has 0 aliphatic heterocycles. The number of aliphatic carboxylic acids is 1. The molecule has 0 aliphatic rings. The SMILES string of the molecule is CCOC(=O)CCCNC(=O)Nc1cnn(CC(=O)O)c1. The number of anilines is 1. The minimum atomic E-state index is -1.02. The lowest BCUT2D eigenvalue weighted by Crippen LogP contribution is -2.29. The molecule has 0 aromatic carbocycles. The average Bonchev–Trinajstić information content (AvgIpc) is 2.81. The summed E-state index contributed by atoms with van der Waals surface area (Å²) in [6.45, 7) is 2.12. The number of nitrogens with zero attached hydrogens (tertiary/aromatic N) is 2. The predicted octanol–water partition coefficient (Wildman–Crippen LogP) is 0.433. The van der Waals surface area contributed by atoms with E-state index in [1.54, 1.807) is 6.92 Å². The van der Waals surface area contributed by atoms with E-state index in [4.69, 9.17) is 9.84 Å². The second-order valence-electron chi connectivity index (χ2n) is 4.11. The van der Waals surface area contributed by atoms with Crippen LogP contribution in [0.5, 0.6) is 0 Å². The number of aromatic nitrogens is 2. The van der Waals surface area contributed by atoms with Crippen molar-refractivity contribution >= 4 is 23.7 Å². The van der Waals surface area contributed by atoms with Crippen molar-refractivity contribution in [3.8, 4) is 0 Å². The molecule has 0 saturated carbocycles. The van der Waals surface area contributed by atoms with Gasteiger partial charge >= 0.3 is 18.0 Å². The van der Waals surface area contributed by atoms with E-state index in [-0.39, 0.29) is 18.9 Å². The van der Waals surface area contributed by atoms with Crippen LogP contribution in [0.1, 0.15) is 19.8 Å². The molecule has 1 aromatic rings. The van der Waals surface area contributed by atoms with E-state index in [1.165, 1.54) is 17.1 Å². The lowest BCUT2D eigenvalue weighted by Gasteiger charge is -2.05. The maximum Gasteiger partial charge on any atom is 0.325 e. The summed E-state index contributed by atoms with van der Waals surface area (Å²) < 4.78 is 5.95. The summed E-state index contributed by atoms with van der Waals surface area (Å²) >= 11 is 0. The van der Waals surface area contributed by atoms with E-state index in [0.29, 0.717) is 25.3 Å². The fraction of sp³-hybridized carbons (Fsp3) is 0.500. The lowest BCUT2D eigenvalue weighted by atomic mass is 10.3.